The highest BCUT2D eigenvalue weighted by Crippen LogP contribution is 2.32. The maximum Gasteiger partial charge on any atom is 0.248 e. The molecule has 1 amide bonds. The number of nitrogens with two attached hydrogens (primary N) is 1. The number of carbonyl (C=O) groups excluding carboxylic acids is 1. The van der Waals surface area contributed by atoms with E-state index in [9.17, 15) is 4.79 Å². The van der Waals surface area contributed by atoms with Crippen molar-refractivity contribution in [2.75, 3.05) is 25.5 Å². The first-order valence-electron chi connectivity index (χ1n) is 8.24. The third kappa shape index (κ3) is 3.38. The molecule has 0 radical (unpaired) electrons. The molecule has 1 aliphatic rings. The molecule has 1 aromatic carbocycles. The van der Waals surface area contributed by atoms with Crippen molar-refractivity contribution in [2.45, 2.75) is 25.3 Å². The van der Waals surface area contributed by atoms with Crippen LogP contribution in [0.15, 0.2) is 30.5 Å². The van der Waals surface area contributed by atoms with E-state index in [1.54, 1.807) is 6.07 Å². The number of benzene rings is 1. The number of amides is 1. The molecule has 1 aromatic heterocycles. The Labute approximate surface area is 142 Å². The molecule has 6 nitrogen and oxygen atoms in total. The second kappa shape index (κ2) is 6.97. The number of hydrogen-bond donors (Lipinski definition) is 2. The first-order valence-corrected chi connectivity index (χ1v) is 8.24. The number of aromatic nitrogens is 2. The van der Waals surface area contributed by atoms with E-state index in [0.29, 0.717) is 11.5 Å². The summed E-state index contributed by atoms with van der Waals surface area (Å²) in [5.41, 5.74) is 8.75. The summed E-state index contributed by atoms with van der Waals surface area (Å²) in [6.07, 6.45) is 5.26. The van der Waals surface area contributed by atoms with E-state index in [2.05, 4.69) is 10.3 Å². The van der Waals surface area contributed by atoms with Crippen LogP contribution in [0.1, 0.15) is 41.4 Å². The summed E-state index contributed by atoms with van der Waals surface area (Å²) in [4.78, 5) is 22.6. The first-order chi connectivity index (χ1) is 11.6. The fourth-order valence-corrected chi connectivity index (χ4v) is 3.01. The van der Waals surface area contributed by atoms with Gasteiger partial charge in [0.2, 0.25) is 11.9 Å². The van der Waals surface area contributed by atoms with E-state index in [-0.39, 0.29) is 6.04 Å². The Hall–Kier alpha value is -2.47. The van der Waals surface area contributed by atoms with Crippen molar-refractivity contribution in [3.63, 3.8) is 0 Å². The molecule has 3 rings (SSSR count). The molecule has 6 heteroatoms. The van der Waals surface area contributed by atoms with Gasteiger partial charge in [0, 0.05) is 31.4 Å². The van der Waals surface area contributed by atoms with Gasteiger partial charge in [-0.25, -0.2) is 9.97 Å². The SMILES string of the molecule is CN(C)c1ncc(-c2cccc(C(N)=O)c2)c([C@@H]2CCCCN2)n1. The van der Waals surface area contributed by atoms with Gasteiger partial charge in [-0.2, -0.15) is 0 Å². The molecule has 2 heterocycles. The molecule has 0 spiro atoms. The van der Waals surface area contributed by atoms with E-state index in [1.807, 2.05) is 43.4 Å². The highest BCUT2D eigenvalue weighted by atomic mass is 16.1. The molecule has 126 valence electrons. The Morgan fingerprint density at radius 1 is 1.33 bits per heavy atom. The minimum atomic E-state index is -0.431. The van der Waals surface area contributed by atoms with E-state index in [4.69, 9.17) is 10.7 Å². The molecular formula is C18H23N5O. The fourth-order valence-electron chi connectivity index (χ4n) is 3.01. The zero-order valence-corrected chi connectivity index (χ0v) is 14.1. The smallest absolute Gasteiger partial charge is 0.248 e. The molecule has 1 aliphatic heterocycles. The standard InChI is InChI=1S/C18H23N5O/c1-23(2)18-21-11-14(12-6-5-7-13(10-12)17(19)24)16(22-18)15-8-3-4-9-20-15/h5-7,10-11,15,20H,3-4,8-9H2,1-2H3,(H2,19,24)/t15-/m0/s1. The number of rotatable bonds is 4. The molecule has 1 fully saturated rings. The third-order valence-corrected chi connectivity index (χ3v) is 4.30. The van der Waals surface area contributed by atoms with Gasteiger partial charge in [-0.1, -0.05) is 18.6 Å². The minimum absolute atomic E-state index is 0.202. The lowest BCUT2D eigenvalue weighted by molar-refractivity contribution is 0.100. The van der Waals surface area contributed by atoms with Gasteiger partial charge in [-0.05, 0) is 37.1 Å². The lowest BCUT2D eigenvalue weighted by Gasteiger charge is -2.26. The van der Waals surface area contributed by atoms with E-state index in [0.717, 1.165) is 29.8 Å². The maximum absolute atomic E-state index is 11.5. The van der Waals surface area contributed by atoms with Crippen molar-refractivity contribution in [1.29, 1.82) is 0 Å². The summed E-state index contributed by atoms with van der Waals surface area (Å²) in [6.45, 7) is 0.993. The maximum atomic E-state index is 11.5. The molecule has 3 N–H and O–H groups in total. The van der Waals surface area contributed by atoms with Crippen LogP contribution in [0, 0.1) is 0 Å². The first kappa shape index (κ1) is 16.4. The van der Waals surface area contributed by atoms with Crippen LogP contribution in [0.3, 0.4) is 0 Å². The average Bonchev–Trinajstić information content (AvgIpc) is 2.62. The molecule has 1 atom stereocenters. The molecule has 0 saturated carbocycles. The molecule has 1 saturated heterocycles. The minimum Gasteiger partial charge on any atom is -0.366 e. The zero-order chi connectivity index (χ0) is 17.1. The molecule has 2 aromatic rings. The number of nitrogens with one attached hydrogen (secondary N) is 1. The zero-order valence-electron chi connectivity index (χ0n) is 14.1. The van der Waals surface area contributed by atoms with Gasteiger partial charge in [-0.3, -0.25) is 4.79 Å². The number of primary amides is 1. The fraction of sp³-hybridized carbons (Fsp3) is 0.389. The summed E-state index contributed by atoms with van der Waals surface area (Å²) in [6, 6.07) is 7.54. The van der Waals surface area contributed by atoms with Crippen LogP contribution in [0.2, 0.25) is 0 Å². The van der Waals surface area contributed by atoms with Crippen LogP contribution in [0.4, 0.5) is 5.95 Å². The van der Waals surface area contributed by atoms with E-state index < -0.39 is 5.91 Å². The van der Waals surface area contributed by atoms with Crippen LogP contribution in [-0.2, 0) is 0 Å². The normalized spacial score (nSPS) is 17.5. The van der Waals surface area contributed by atoms with E-state index >= 15 is 0 Å². The highest BCUT2D eigenvalue weighted by Gasteiger charge is 2.22. The van der Waals surface area contributed by atoms with Gasteiger partial charge < -0.3 is 16.0 Å². The Kier molecular flexibility index (Phi) is 4.76. The van der Waals surface area contributed by atoms with Crippen molar-refractivity contribution < 1.29 is 4.79 Å². The second-order valence-corrected chi connectivity index (χ2v) is 6.31. The van der Waals surface area contributed by atoms with Gasteiger partial charge in [0.15, 0.2) is 0 Å². The Balaban J connectivity index is 2.08. The number of carbonyl (C=O) groups is 1. The predicted octanol–water partition coefficient (Wildman–Crippen LogP) is 2.12. The van der Waals surface area contributed by atoms with Gasteiger partial charge >= 0.3 is 0 Å². The van der Waals surface area contributed by atoms with E-state index in [1.165, 1.54) is 12.8 Å². The molecule has 0 unspecified atom stereocenters. The summed E-state index contributed by atoms with van der Waals surface area (Å²) < 4.78 is 0. The van der Waals surface area contributed by atoms with Crippen molar-refractivity contribution in [2.24, 2.45) is 5.73 Å². The topological polar surface area (TPSA) is 84.1 Å². The van der Waals surface area contributed by atoms with Crippen LogP contribution >= 0.6 is 0 Å². The van der Waals surface area contributed by atoms with Crippen molar-refractivity contribution in [3.8, 4) is 11.1 Å². The van der Waals surface area contributed by atoms with Crippen LogP contribution in [-0.4, -0.2) is 36.5 Å². The molecule has 24 heavy (non-hydrogen) atoms. The number of anilines is 1. The monoisotopic (exact) mass is 325 g/mol. The quantitative estimate of drug-likeness (QED) is 0.899. The van der Waals surface area contributed by atoms with Crippen LogP contribution in [0.5, 0.6) is 0 Å². The van der Waals surface area contributed by atoms with Crippen molar-refractivity contribution in [1.82, 2.24) is 15.3 Å². The van der Waals surface area contributed by atoms with Gasteiger partial charge in [-0.15, -0.1) is 0 Å². The molecule has 0 bridgehead atoms. The third-order valence-electron chi connectivity index (χ3n) is 4.30. The van der Waals surface area contributed by atoms with Crippen LogP contribution < -0.4 is 16.0 Å². The lowest BCUT2D eigenvalue weighted by Crippen LogP contribution is -2.28. The lowest BCUT2D eigenvalue weighted by atomic mass is 9.95. The van der Waals surface area contributed by atoms with Crippen molar-refractivity contribution >= 4 is 11.9 Å². The number of piperidine rings is 1. The van der Waals surface area contributed by atoms with Gasteiger partial charge in [0.25, 0.3) is 0 Å². The predicted molar refractivity (Wildman–Crippen MR) is 94.9 cm³/mol. The Morgan fingerprint density at radius 3 is 2.83 bits per heavy atom. The Bertz CT molecular complexity index is 738. The Morgan fingerprint density at radius 2 is 2.17 bits per heavy atom. The summed E-state index contributed by atoms with van der Waals surface area (Å²) >= 11 is 0. The summed E-state index contributed by atoms with van der Waals surface area (Å²) in [5.74, 6) is 0.257. The molecular weight excluding hydrogens is 302 g/mol. The van der Waals surface area contributed by atoms with Crippen LogP contribution in [0.25, 0.3) is 11.1 Å². The highest BCUT2D eigenvalue weighted by molar-refractivity contribution is 5.94. The largest absolute Gasteiger partial charge is 0.366 e. The number of hydrogen-bond acceptors (Lipinski definition) is 5. The molecule has 0 aliphatic carbocycles. The number of nitrogens with zero attached hydrogens (tertiary/aromatic N) is 3. The van der Waals surface area contributed by atoms with Crippen molar-refractivity contribution in [3.05, 3.63) is 41.7 Å². The van der Waals surface area contributed by atoms with Gasteiger partial charge in [0.1, 0.15) is 0 Å². The average molecular weight is 325 g/mol. The summed E-state index contributed by atoms with van der Waals surface area (Å²) in [5, 5.41) is 3.55. The van der Waals surface area contributed by atoms with Gasteiger partial charge in [0.05, 0.1) is 11.7 Å². The second-order valence-electron chi connectivity index (χ2n) is 6.31. The summed E-state index contributed by atoms with van der Waals surface area (Å²) in [7, 11) is 3.86.